The van der Waals surface area contributed by atoms with Crippen LogP contribution < -0.4 is 5.63 Å². The molecule has 0 saturated carbocycles. The first kappa shape index (κ1) is 8.68. The molecule has 0 unspecified atom stereocenters. The zero-order valence-corrected chi connectivity index (χ0v) is 8.93. The summed E-state index contributed by atoms with van der Waals surface area (Å²) in [4.78, 5) is 11.7. The van der Waals surface area contributed by atoms with E-state index in [4.69, 9.17) is 4.42 Å². The van der Waals surface area contributed by atoms with E-state index in [9.17, 15) is 4.79 Å². The summed E-state index contributed by atoms with van der Waals surface area (Å²) in [6.07, 6.45) is 0. The molecule has 2 nitrogen and oxygen atoms in total. The van der Waals surface area contributed by atoms with Crippen LogP contribution in [0.4, 0.5) is 0 Å². The van der Waals surface area contributed by atoms with E-state index in [1.54, 1.807) is 11.3 Å². The first-order valence-electron chi connectivity index (χ1n) is 4.67. The van der Waals surface area contributed by atoms with E-state index in [2.05, 4.69) is 0 Å². The minimum Gasteiger partial charge on any atom is -0.422 e. The summed E-state index contributed by atoms with van der Waals surface area (Å²) in [7, 11) is 0. The SMILES string of the molecule is Cc1csc2c1c(=O)oc1ccccc12. The largest absolute Gasteiger partial charge is 0.422 e. The number of para-hydroxylation sites is 1. The van der Waals surface area contributed by atoms with Crippen LogP contribution >= 0.6 is 11.3 Å². The fourth-order valence-corrected chi connectivity index (χ4v) is 2.86. The Morgan fingerprint density at radius 1 is 1.27 bits per heavy atom. The van der Waals surface area contributed by atoms with Gasteiger partial charge in [0.25, 0.3) is 0 Å². The number of aryl methyl sites for hydroxylation is 1. The van der Waals surface area contributed by atoms with E-state index in [1.807, 2.05) is 36.6 Å². The Hall–Kier alpha value is -1.61. The molecule has 0 spiro atoms. The zero-order chi connectivity index (χ0) is 10.4. The summed E-state index contributed by atoms with van der Waals surface area (Å²) < 4.78 is 6.29. The Bertz CT molecular complexity index is 706. The van der Waals surface area contributed by atoms with Crippen molar-refractivity contribution in [2.75, 3.05) is 0 Å². The molecule has 0 aliphatic carbocycles. The molecule has 0 radical (unpaired) electrons. The highest BCUT2D eigenvalue weighted by atomic mass is 32.1. The lowest BCUT2D eigenvalue weighted by Gasteiger charge is -1.97. The number of hydrogen-bond acceptors (Lipinski definition) is 3. The Labute approximate surface area is 89.8 Å². The van der Waals surface area contributed by atoms with Crippen LogP contribution in [0.1, 0.15) is 5.56 Å². The zero-order valence-electron chi connectivity index (χ0n) is 8.11. The standard InChI is InChI=1S/C12H8O2S/c1-7-6-15-11-8-4-2-3-5-9(8)14-12(13)10(7)11/h2-6H,1H3. The van der Waals surface area contributed by atoms with Crippen LogP contribution in [0.5, 0.6) is 0 Å². The van der Waals surface area contributed by atoms with Gasteiger partial charge in [0.15, 0.2) is 0 Å². The van der Waals surface area contributed by atoms with E-state index >= 15 is 0 Å². The molecule has 0 bridgehead atoms. The molecule has 15 heavy (non-hydrogen) atoms. The predicted molar refractivity (Wildman–Crippen MR) is 62.6 cm³/mol. The molecule has 2 aromatic heterocycles. The fourth-order valence-electron chi connectivity index (χ4n) is 1.79. The molecular formula is C12H8O2S. The second-order valence-corrected chi connectivity index (χ2v) is 4.39. The van der Waals surface area contributed by atoms with E-state index in [-0.39, 0.29) is 5.63 Å². The van der Waals surface area contributed by atoms with Crippen molar-refractivity contribution in [2.24, 2.45) is 0 Å². The summed E-state index contributed by atoms with van der Waals surface area (Å²) in [5, 5.41) is 3.73. The van der Waals surface area contributed by atoms with Gasteiger partial charge < -0.3 is 4.42 Å². The quantitative estimate of drug-likeness (QED) is 0.539. The smallest absolute Gasteiger partial charge is 0.345 e. The van der Waals surface area contributed by atoms with Gasteiger partial charge in [-0.2, -0.15) is 0 Å². The molecule has 3 aromatic rings. The average Bonchev–Trinajstić information content (AvgIpc) is 2.62. The minimum absolute atomic E-state index is 0.234. The van der Waals surface area contributed by atoms with Crippen LogP contribution in [0.3, 0.4) is 0 Å². The van der Waals surface area contributed by atoms with Crippen LogP contribution in [0.25, 0.3) is 21.1 Å². The molecule has 0 aliphatic rings. The maximum Gasteiger partial charge on any atom is 0.345 e. The molecule has 0 amide bonds. The summed E-state index contributed by atoms with van der Waals surface area (Å²) in [6.45, 7) is 1.94. The van der Waals surface area contributed by atoms with Crippen LogP contribution in [-0.4, -0.2) is 0 Å². The van der Waals surface area contributed by atoms with Gasteiger partial charge in [-0.05, 0) is 30.0 Å². The molecule has 0 saturated heterocycles. The molecule has 74 valence electrons. The van der Waals surface area contributed by atoms with Crippen molar-refractivity contribution in [1.82, 2.24) is 0 Å². The molecule has 3 rings (SSSR count). The Balaban J connectivity index is 2.71. The van der Waals surface area contributed by atoms with E-state index in [0.29, 0.717) is 5.58 Å². The molecule has 0 atom stereocenters. The van der Waals surface area contributed by atoms with Gasteiger partial charge in [0.2, 0.25) is 0 Å². The highest BCUT2D eigenvalue weighted by molar-refractivity contribution is 7.18. The normalized spacial score (nSPS) is 11.3. The van der Waals surface area contributed by atoms with Crippen molar-refractivity contribution in [1.29, 1.82) is 0 Å². The maximum atomic E-state index is 11.7. The van der Waals surface area contributed by atoms with Crippen molar-refractivity contribution < 1.29 is 4.42 Å². The molecule has 0 aliphatic heterocycles. The van der Waals surface area contributed by atoms with Gasteiger partial charge in [0, 0.05) is 5.39 Å². The second-order valence-electron chi connectivity index (χ2n) is 3.51. The third-order valence-corrected chi connectivity index (χ3v) is 3.64. The third-order valence-electron chi connectivity index (χ3n) is 2.51. The monoisotopic (exact) mass is 216 g/mol. The highest BCUT2D eigenvalue weighted by Gasteiger charge is 2.10. The molecule has 2 heterocycles. The van der Waals surface area contributed by atoms with Crippen LogP contribution in [0.15, 0.2) is 38.9 Å². The number of hydrogen-bond donors (Lipinski definition) is 0. The van der Waals surface area contributed by atoms with Gasteiger partial charge in [0.1, 0.15) is 5.58 Å². The Morgan fingerprint density at radius 2 is 2.07 bits per heavy atom. The van der Waals surface area contributed by atoms with Crippen molar-refractivity contribution in [3.8, 4) is 0 Å². The summed E-state index contributed by atoms with van der Waals surface area (Å²) in [5.41, 5.74) is 1.42. The first-order chi connectivity index (χ1) is 7.27. The maximum absolute atomic E-state index is 11.7. The van der Waals surface area contributed by atoms with Crippen LogP contribution in [-0.2, 0) is 0 Å². The van der Waals surface area contributed by atoms with E-state index < -0.39 is 0 Å². The topological polar surface area (TPSA) is 30.2 Å². The van der Waals surface area contributed by atoms with Crippen LogP contribution in [0.2, 0.25) is 0 Å². The van der Waals surface area contributed by atoms with E-state index in [1.165, 1.54) is 0 Å². The van der Waals surface area contributed by atoms with Gasteiger partial charge >= 0.3 is 5.63 Å². The number of rotatable bonds is 0. The second kappa shape index (κ2) is 2.94. The molecule has 0 N–H and O–H groups in total. The number of fused-ring (bicyclic) bond motifs is 3. The third kappa shape index (κ3) is 1.13. The lowest BCUT2D eigenvalue weighted by molar-refractivity contribution is 0.569. The number of thiophene rings is 1. The van der Waals surface area contributed by atoms with E-state index in [0.717, 1.165) is 21.0 Å². The summed E-state index contributed by atoms with van der Waals surface area (Å²) in [6, 6.07) is 7.64. The van der Waals surface area contributed by atoms with Gasteiger partial charge in [-0.25, -0.2) is 4.79 Å². The Morgan fingerprint density at radius 3 is 2.93 bits per heavy atom. The summed E-state index contributed by atoms with van der Waals surface area (Å²) in [5.74, 6) is 0. The van der Waals surface area contributed by atoms with Crippen molar-refractivity contribution in [3.63, 3.8) is 0 Å². The van der Waals surface area contributed by atoms with Gasteiger partial charge in [-0.3, -0.25) is 0 Å². The lowest BCUT2D eigenvalue weighted by atomic mass is 10.2. The molecule has 1 aromatic carbocycles. The molecule has 3 heteroatoms. The number of benzene rings is 1. The van der Waals surface area contributed by atoms with Gasteiger partial charge in [-0.1, -0.05) is 12.1 Å². The summed E-state index contributed by atoms with van der Waals surface area (Å²) >= 11 is 1.60. The predicted octanol–water partition coefficient (Wildman–Crippen LogP) is 3.32. The van der Waals surface area contributed by atoms with Crippen LogP contribution in [0, 0.1) is 6.92 Å². The molecular weight excluding hydrogens is 208 g/mol. The first-order valence-corrected chi connectivity index (χ1v) is 5.55. The average molecular weight is 216 g/mol. The fraction of sp³-hybridized carbons (Fsp3) is 0.0833. The highest BCUT2D eigenvalue weighted by Crippen LogP contribution is 2.29. The van der Waals surface area contributed by atoms with Crippen molar-refractivity contribution in [3.05, 3.63) is 45.6 Å². The Kier molecular flexibility index (Phi) is 1.70. The minimum atomic E-state index is -0.234. The van der Waals surface area contributed by atoms with Crippen molar-refractivity contribution >= 4 is 32.4 Å². The lowest BCUT2D eigenvalue weighted by Crippen LogP contribution is -1.98. The van der Waals surface area contributed by atoms with Gasteiger partial charge in [-0.15, -0.1) is 11.3 Å². The van der Waals surface area contributed by atoms with Crippen molar-refractivity contribution in [2.45, 2.75) is 6.92 Å². The van der Waals surface area contributed by atoms with Gasteiger partial charge in [0.05, 0.1) is 10.1 Å². The molecule has 0 fully saturated rings.